The summed E-state index contributed by atoms with van der Waals surface area (Å²) in [5.41, 5.74) is 0. The van der Waals surface area contributed by atoms with Gasteiger partial charge in [-0.3, -0.25) is 13.8 Å². The summed E-state index contributed by atoms with van der Waals surface area (Å²) in [7, 11) is -4.27. The molecule has 0 radical (unpaired) electrons. The SMILES string of the molecule is CCCCCCCCCCCCCCCCOP(=O)(O)OC[C@H]1OC[C@@H](NC(C)=O)[C@@H](O)[C@@H]1O. The van der Waals surface area contributed by atoms with E-state index >= 15 is 0 Å². The normalized spacial score (nSPS) is 24.6. The Morgan fingerprint density at radius 1 is 0.882 bits per heavy atom. The van der Waals surface area contributed by atoms with Crippen LogP contribution in [0.5, 0.6) is 0 Å². The van der Waals surface area contributed by atoms with Crippen molar-refractivity contribution in [2.45, 2.75) is 128 Å². The third kappa shape index (κ3) is 14.8. The highest BCUT2D eigenvalue weighted by molar-refractivity contribution is 7.47. The number of rotatable bonds is 20. The smallest absolute Gasteiger partial charge is 0.388 e. The monoisotopic (exact) mass is 509 g/mol. The lowest BCUT2D eigenvalue weighted by Gasteiger charge is -2.37. The minimum atomic E-state index is -4.27. The van der Waals surface area contributed by atoms with Gasteiger partial charge in [0.25, 0.3) is 0 Å². The van der Waals surface area contributed by atoms with Crippen LogP contribution < -0.4 is 5.32 Å². The second-order valence-electron chi connectivity index (χ2n) is 9.35. The molecule has 0 aliphatic carbocycles. The molecule has 0 aromatic rings. The first-order chi connectivity index (χ1) is 16.3. The Morgan fingerprint density at radius 3 is 1.88 bits per heavy atom. The molecular formula is C24H48NO8P. The molecule has 0 aromatic carbocycles. The Balaban J connectivity index is 2.00. The zero-order valence-electron chi connectivity index (χ0n) is 21.2. The summed E-state index contributed by atoms with van der Waals surface area (Å²) in [5, 5.41) is 22.7. The summed E-state index contributed by atoms with van der Waals surface area (Å²) >= 11 is 0. The van der Waals surface area contributed by atoms with Crippen LogP contribution in [0.2, 0.25) is 0 Å². The highest BCUT2D eigenvalue weighted by Crippen LogP contribution is 2.43. The molecule has 202 valence electrons. The summed E-state index contributed by atoms with van der Waals surface area (Å²) < 4.78 is 27.3. The summed E-state index contributed by atoms with van der Waals surface area (Å²) in [4.78, 5) is 20.9. The molecule has 1 unspecified atom stereocenters. The fourth-order valence-corrected chi connectivity index (χ4v) is 4.87. The zero-order chi connectivity index (χ0) is 25.2. The van der Waals surface area contributed by atoms with Gasteiger partial charge < -0.3 is 25.2 Å². The zero-order valence-corrected chi connectivity index (χ0v) is 22.1. The van der Waals surface area contributed by atoms with E-state index in [1.807, 2.05) is 0 Å². The lowest BCUT2D eigenvalue weighted by Crippen LogP contribution is -2.59. The summed E-state index contributed by atoms with van der Waals surface area (Å²) in [6, 6.07) is -0.749. The Morgan fingerprint density at radius 2 is 1.38 bits per heavy atom. The van der Waals surface area contributed by atoms with E-state index in [1.165, 1.54) is 77.6 Å². The van der Waals surface area contributed by atoms with Gasteiger partial charge in [0.05, 0.1) is 25.9 Å². The molecule has 1 fully saturated rings. The van der Waals surface area contributed by atoms with E-state index < -0.39 is 38.8 Å². The second-order valence-corrected chi connectivity index (χ2v) is 10.8. The van der Waals surface area contributed by atoms with Gasteiger partial charge >= 0.3 is 7.82 Å². The Labute approximate surface area is 205 Å². The van der Waals surface area contributed by atoms with Crippen molar-refractivity contribution in [1.29, 1.82) is 0 Å². The van der Waals surface area contributed by atoms with E-state index in [-0.39, 0.29) is 19.1 Å². The minimum Gasteiger partial charge on any atom is -0.388 e. The quantitative estimate of drug-likeness (QED) is 0.142. The number of hydrogen-bond donors (Lipinski definition) is 4. The number of carbonyl (C=O) groups is 1. The minimum absolute atomic E-state index is 0.0402. The van der Waals surface area contributed by atoms with Crippen LogP contribution in [0, 0.1) is 0 Å². The molecule has 1 aliphatic heterocycles. The van der Waals surface area contributed by atoms with E-state index in [4.69, 9.17) is 13.8 Å². The second kappa shape index (κ2) is 18.7. The first-order valence-electron chi connectivity index (χ1n) is 13.1. The van der Waals surface area contributed by atoms with Gasteiger partial charge in [-0.1, -0.05) is 90.4 Å². The number of hydrogen-bond acceptors (Lipinski definition) is 7. The molecule has 1 aliphatic rings. The molecule has 0 bridgehead atoms. The standard InChI is InChI=1S/C24H48NO8P/c1-3-4-5-6-7-8-9-10-11-12-13-14-15-16-17-32-34(29,30)33-19-22-24(28)23(27)21(18-31-22)25-20(2)26/h21-24,27-28H,3-19H2,1-2H3,(H,25,26)(H,29,30)/t21-,22-,23-,24-/m1/s1. The summed E-state index contributed by atoms with van der Waals surface area (Å²) in [6.07, 6.45) is 13.5. The number of aliphatic hydroxyl groups is 2. The number of aliphatic hydroxyl groups excluding tert-OH is 2. The molecule has 1 heterocycles. The average molecular weight is 510 g/mol. The molecule has 0 saturated carbocycles. The Kier molecular flexibility index (Phi) is 17.3. The number of ether oxygens (including phenoxy) is 1. The van der Waals surface area contributed by atoms with E-state index in [9.17, 15) is 24.5 Å². The topological polar surface area (TPSA) is 135 Å². The third-order valence-electron chi connectivity index (χ3n) is 6.18. The van der Waals surface area contributed by atoms with Gasteiger partial charge in [0.1, 0.15) is 18.3 Å². The van der Waals surface area contributed by atoms with Crippen LogP contribution in [0.15, 0.2) is 0 Å². The van der Waals surface area contributed by atoms with Gasteiger partial charge in [0, 0.05) is 6.92 Å². The van der Waals surface area contributed by atoms with Crippen LogP contribution in [0.4, 0.5) is 0 Å². The van der Waals surface area contributed by atoms with Crippen LogP contribution in [0.1, 0.15) is 104 Å². The molecule has 1 amide bonds. The lowest BCUT2D eigenvalue weighted by molar-refractivity contribution is -0.163. The van der Waals surface area contributed by atoms with Crippen LogP contribution in [-0.2, 0) is 23.1 Å². The predicted octanol–water partition coefficient (Wildman–Crippen LogP) is 4.23. The number of nitrogens with one attached hydrogen (secondary N) is 1. The maximum Gasteiger partial charge on any atom is 0.472 e. The van der Waals surface area contributed by atoms with E-state index in [1.54, 1.807) is 0 Å². The van der Waals surface area contributed by atoms with Crippen molar-refractivity contribution in [2.24, 2.45) is 0 Å². The van der Waals surface area contributed by atoms with E-state index in [0.717, 1.165) is 12.8 Å². The van der Waals surface area contributed by atoms with Crippen molar-refractivity contribution in [3.8, 4) is 0 Å². The van der Waals surface area contributed by atoms with Crippen molar-refractivity contribution < 1.29 is 38.3 Å². The first kappa shape index (κ1) is 31.5. The molecule has 4 N–H and O–H groups in total. The first-order valence-corrected chi connectivity index (χ1v) is 14.6. The van der Waals surface area contributed by atoms with Crippen molar-refractivity contribution >= 4 is 13.7 Å². The highest BCUT2D eigenvalue weighted by atomic mass is 31.2. The number of phosphoric ester groups is 1. The van der Waals surface area contributed by atoms with Gasteiger partial charge in [0.15, 0.2) is 0 Å². The Hall–Kier alpha value is -0.540. The number of phosphoric acid groups is 1. The molecule has 1 saturated heterocycles. The van der Waals surface area contributed by atoms with Gasteiger partial charge in [-0.05, 0) is 6.42 Å². The molecule has 1 rings (SSSR count). The molecule has 0 spiro atoms. The number of carbonyl (C=O) groups excluding carboxylic acids is 1. The average Bonchev–Trinajstić information content (AvgIpc) is 2.78. The molecule has 34 heavy (non-hydrogen) atoms. The van der Waals surface area contributed by atoms with Crippen LogP contribution >= 0.6 is 7.82 Å². The predicted molar refractivity (Wildman–Crippen MR) is 131 cm³/mol. The fourth-order valence-electron chi connectivity index (χ4n) is 4.10. The van der Waals surface area contributed by atoms with Gasteiger partial charge in [-0.25, -0.2) is 4.57 Å². The van der Waals surface area contributed by atoms with E-state index in [0.29, 0.717) is 6.42 Å². The lowest BCUT2D eigenvalue weighted by atomic mass is 9.98. The van der Waals surface area contributed by atoms with Crippen molar-refractivity contribution in [1.82, 2.24) is 5.32 Å². The van der Waals surface area contributed by atoms with Gasteiger partial charge in [0.2, 0.25) is 5.91 Å². The molecular weight excluding hydrogens is 461 g/mol. The van der Waals surface area contributed by atoms with Crippen LogP contribution in [-0.4, -0.2) is 65.2 Å². The molecule has 5 atom stereocenters. The highest BCUT2D eigenvalue weighted by Gasteiger charge is 2.40. The third-order valence-corrected chi connectivity index (χ3v) is 7.16. The molecule has 0 aromatic heterocycles. The van der Waals surface area contributed by atoms with Gasteiger partial charge in [-0.2, -0.15) is 0 Å². The summed E-state index contributed by atoms with van der Waals surface area (Å²) in [6.45, 7) is 3.21. The molecule has 10 heteroatoms. The largest absolute Gasteiger partial charge is 0.472 e. The Bertz CT molecular complexity index is 579. The van der Waals surface area contributed by atoms with Crippen molar-refractivity contribution in [2.75, 3.05) is 19.8 Å². The summed E-state index contributed by atoms with van der Waals surface area (Å²) in [5.74, 6) is -0.355. The maximum absolute atomic E-state index is 12.0. The van der Waals surface area contributed by atoms with Crippen molar-refractivity contribution in [3.63, 3.8) is 0 Å². The number of unbranched alkanes of at least 4 members (excludes halogenated alkanes) is 13. The fraction of sp³-hybridized carbons (Fsp3) is 0.958. The van der Waals surface area contributed by atoms with Crippen LogP contribution in [0.25, 0.3) is 0 Å². The van der Waals surface area contributed by atoms with E-state index in [2.05, 4.69) is 12.2 Å². The van der Waals surface area contributed by atoms with Gasteiger partial charge in [-0.15, -0.1) is 0 Å². The number of amides is 1. The maximum atomic E-state index is 12.0. The van der Waals surface area contributed by atoms with Crippen molar-refractivity contribution in [3.05, 3.63) is 0 Å². The molecule has 9 nitrogen and oxygen atoms in total. The van der Waals surface area contributed by atoms with Crippen LogP contribution in [0.3, 0.4) is 0 Å².